The molecular formula is C24H38N4O4. The lowest BCUT2D eigenvalue weighted by molar-refractivity contribution is -0.151. The third-order valence-corrected chi connectivity index (χ3v) is 5.56. The third-order valence-electron chi connectivity index (χ3n) is 5.56. The number of ketones is 1. The highest BCUT2D eigenvalue weighted by molar-refractivity contribution is 5.97. The van der Waals surface area contributed by atoms with Crippen molar-refractivity contribution in [1.82, 2.24) is 10.9 Å². The highest BCUT2D eigenvalue weighted by Gasteiger charge is 2.52. The Kier molecular flexibility index (Phi) is 11.3. The van der Waals surface area contributed by atoms with Crippen LogP contribution in [0.5, 0.6) is 0 Å². The SMILES string of the molecule is CC(C)C[C@@H](C(=O)NN)[C@H](C(=O)NO)C(/C=C/c1ccccc1)(CC(C)C)C(=O)CCN. The summed E-state index contributed by atoms with van der Waals surface area (Å²) in [6.45, 7) is 7.81. The maximum atomic E-state index is 13.6. The first-order valence-corrected chi connectivity index (χ1v) is 11.0. The van der Waals surface area contributed by atoms with Crippen molar-refractivity contribution in [3.63, 3.8) is 0 Å². The Morgan fingerprint density at radius 3 is 2.16 bits per heavy atom. The average Bonchev–Trinajstić information content (AvgIpc) is 2.76. The minimum atomic E-state index is -1.37. The number of allylic oxidation sites excluding steroid dienone is 1. The van der Waals surface area contributed by atoms with Crippen LogP contribution in [0.15, 0.2) is 36.4 Å². The van der Waals surface area contributed by atoms with Crippen molar-refractivity contribution < 1.29 is 19.6 Å². The minimum absolute atomic E-state index is 0.00628. The molecule has 0 fully saturated rings. The smallest absolute Gasteiger partial charge is 0.248 e. The Balaban J connectivity index is 3.83. The molecule has 1 aromatic rings. The summed E-state index contributed by atoms with van der Waals surface area (Å²) in [6.07, 6.45) is 4.11. The Morgan fingerprint density at radius 2 is 1.69 bits per heavy atom. The predicted molar refractivity (Wildman–Crippen MR) is 125 cm³/mol. The van der Waals surface area contributed by atoms with Gasteiger partial charge in [-0.2, -0.15) is 0 Å². The van der Waals surface area contributed by atoms with E-state index in [2.05, 4.69) is 5.43 Å². The van der Waals surface area contributed by atoms with Gasteiger partial charge in [0.15, 0.2) is 0 Å². The van der Waals surface area contributed by atoms with Gasteiger partial charge in [-0.15, -0.1) is 0 Å². The van der Waals surface area contributed by atoms with Crippen molar-refractivity contribution in [3.8, 4) is 0 Å². The van der Waals surface area contributed by atoms with Gasteiger partial charge in [0.2, 0.25) is 11.8 Å². The summed E-state index contributed by atoms with van der Waals surface area (Å²) in [5.74, 6) is 1.76. The molecule has 7 N–H and O–H groups in total. The van der Waals surface area contributed by atoms with Crippen LogP contribution in [0.2, 0.25) is 0 Å². The summed E-state index contributed by atoms with van der Waals surface area (Å²) in [6, 6.07) is 9.37. The van der Waals surface area contributed by atoms with E-state index in [1.807, 2.05) is 58.0 Å². The van der Waals surface area contributed by atoms with E-state index < -0.39 is 29.1 Å². The van der Waals surface area contributed by atoms with E-state index in [1.165, 1.54) is 0 Å². The van der Waals surface area contributed by atoms with E-state index in [-0.39, 0.29) is 30.6 Å². The van der Waals surface area contributed by atoms with Gasteiger partial charge in [-0.1, -0.05) is 70.2 Å². The number of amides is 2. The molecule has 0 aromatic heterocycles. The Hall–Kier alpha value is -2.55. The van der Waals surface area contributed by atoms with Crippen LogP contribution in [0.25, 0.3) is 6.08 Å². The van der Waals surface area contributed by atoms with Crippen molar-refractivity contribution in [2.75, 3.05) is 6.54 Å². The second-order valence-electron chi connectivity index (χ2n) is 9.04. The van der Waals surface area contributed by atoms with E-state index >= 15 is 0 Å². The fourth-order valence-corrected chi connectivity index (χ4v) is 4.38. The van der Waals surface area contributed by atoms with Crippen LogP contribution >= 0.6 is 0 Å². The van der Waals surface area contributed by atoms with Crippen LogP contribution in [0.3, 0.4) is 0 Å². The molecule has 0 radical (unpaired) electrons. The van der Waals surface area contributed by atoms with Crippen LogP contribution in [0, 0.1) is 29.1 Å². The summed E-state index contributed by atoms with van der Waals surface area (Å²) in [5, 5.41) is 9.61. The Bertz CT molecular complexity index is 779. The lowest BCUT2D eigenvalue weighted by Crippen LogP contribution is -2.54. The largest absolute Gasteiger partial charge is 0.330 e. The number of nitrogens with two attached hydrogens (primary N) is 2. The van der Waals surface area contributed by atoms with Crippen molar-refractivity contribution in [1.29, 1.82) is 0 Å². The molecule has 8 nitrogen and oxygen atoms in total. The number of hydroxylamine groups is 1. The van der Waals surface area contributed by atoms with Crippen LogP contribution in [-0.4, -0.2) is 29.3 Å². The molecule has 0 aliphatic carbocycles. The van der Waals surface area contributed by atoms with Crippen LogP contribution < -0.4 is 22.5 Å². The maximum Gasteiger partial charge on any atom is 0.248 e. The van der Waals surface area contributed by atoms with Gasteiger partial charge in [0.1, 0.15) is 5.78 Å². The minimum Gasteiger partial charge on any atom is -0.330 e. The molecule has 178 valence electrons. The molecule has 1 aromatic carbocycles. The highest BCUT2D eigenvalue weighted by Crippen LogP contribution is 2.45. The third kappa shape index (κ3) is 7.25. The molecule has 0 aliphatic heterocycles. The molecular weight excluding hydrogens is 408 g/mol. The summed E-state index contributed by atoms with van der Waals surface area (Å²) >= 11 is 0. The van der Waals surface area contributed by atoms with Gasteiger partial charge in [-0.3, -0.25) is 25.0 Å². The Morgan fingerprint density at radius 1 is 1.06 bits per heavy atom. The summed E-state index contributed by atoms with van der Waals surface area (Å²) in [5.41, 5.74) is 9.02. The second kappa shape index (κ2) is 13.1. The van der Waals surface area contributed by atoms with Gasteiger partial charge < -0.3 is 5.73 Å². The zero-order chi connectivity index (χ0) is 24.3. The van der Waals surface area contributed by atoms with Gasteiger partial charge in [-0.05, 0) is 36.8 Å². The summed E-state index contributed by atoms with van der Waals surface area (Å²) < 4.78 is 0. The first-order chi connectivity index (χ1) is 15.1. The molecule has 0 bridgehead atoms. The van der Waals surface area contributed by atoms with Gasteiger partial charge >= 0.3 is 0 Å². The van der Waals surface area contributed by atoms with Crippen LogP contribution in [0.1, 0.15) is 52.5 Å². The van der Waals surface area contributed by atoms with E-state index in [4.69, 9.17) is 11.6 Å². The number of hydrazine groups is 1. The van der Waals surface area contributed by atoms with Gasteiger partial charge in [0.25, 0.3) is 0 Å². The number of hydrogen-bond acceptors (Lipinski definition) is 6. The van der Waals surface area contributed by atoms with E-state index in [1.54, 1.807) is 17.6 Å². The molecule has 8 heteroatoms. The Labute approximate surface area is 190 Å². The molecule has 0 saturated heterocycles. The molecule has 1 rings (SSSR count). The number of hydrogen-bond donors (Lipinski definition) is 5. The van der Waals surface area contributed by atoms with Crippen LogP contribution in [-0.2, 0) is 14.4 Å². The van der Waals surface area contributed by atoms with E-state index in [0.717, 1.165) is 5.56 Å². The van der Waals surface area contributed by atoms with Gasteiger partial charge in [0.05, 0.1) is 17.3 Å². The van der Waals surface area contributed by atoms with Gasteiger partial charge in [-0.25, -0.2) is 11.3 Å². The monoisotopic (exact) mass is 446 g/mol. The number of carbonyl (C=O) groups is 3. The first-order valence-electron chi connectivity index (χ1n) is 11.0. The normalized spacial score (nSPS) is 15.4. The molecule has 0 aliphatic rings. The number of nitrogens with one attached hydrogen (secondary N) is 2. The second-order valence-corrected chi connectivity index (χ2v) is 9.04. The molecule has 0 spiro atoms. The maximum absolute atomic E-state index is 13.6. The van der Waals surface area contributed by atoms with Crippen molar-refractivity contribution in [3.05, 3.63) is 42.0 Å². The topological polar surface area (TPSA) is 148 Å². The number of carbonyl (C=O) groups excluding carboxylic acids is 3. The fourth-order valence-electron chi connectivity index (χ4n) is 4.38. The molecule has 3 atom stereocenters. The zero-order valence-electron chi connectivity index (χ0n) is 19.5. The van der Waals surface area contributed by atoms with E-state index in [0.29, 0.717) is 12.8 Å². The highest BCUT2D eigenvalue weighted by atomic mass is 16.5. The summed E-state index contributed by atoms with van der Waals surface area (Å²) in [7, 11) is 0. The summed E-state index contributed by atoms with van der Waals surface area (Å²) in [4.78, 5) is 39.6. The molecule has 2 amide bonds. The average molecular weight is 447 g/mol. The molecule has 0 saturated carbocycles. The lowest BCUT2D eigenvalue weighted by atomic mass is 9.60. The molecule has 0 heterocycles. The van der Waals surface area contributed by atoms with Crippen molar-refractivity contribution >= 4 is 23.7 Å². The standard InChI is InChI=1S/C24H38N4O4/c1-16(2)14-19(22(30)27-26)21(23(31)28-32)24(15-17(3)4,20(29)11-13-25)12-10-18-8-6-5-7-9-18/h5-10,12,16-17,19,21,32H,11,13-15,25-26H2,1-4H3,(H,27,30)(H,28,31)/b12-10+/t19-,21-,24?/m1/s1. The predicted octanol–water partition coefficient (Wildman–Crippen LogP) is 2.42. The molecule has 1 unspecified atom stereocenters. The number of benzene rings is 1. The number of Topliss-reactive ketones (excluding diaryl/α,β-unsaturated/α-hetero) is 1. The zero-order valence-corrected chi connectivity index (χ0v) is 19.5. The fraction of sp³-hybridized carbons (Fsp3) is 0.542. The van der Waals surface area contributed by atoms with E-state index in [9.17, 15) is 19.6 Å². The quantitative estimate of drug-likeness (QED) is 0.136. The number of rotatable bonds is 13. The van der Waals surface area contributed by atoms with Crippen molar-refractivity contribution in [2.45, 2.75) is 47.0 Å². The first kappa shape index (κ1) is 27.5. The van der Waals surface area contributed by atoms with Gasteiger partial charge in [0, 0.05) is 6.42 Å². The van der Waals surface area contributed by atoms with Crippen molar-refractivity contribution in [2.24, 2.45) is 40.7 Å². The lowest BCUT2D eigenvalue weighted by Gasteiger charge is -2.41. The molecule has 32 heavy (non-hydrogen) atoms. The van der Waals surface area contributed by atoms with Crippen LogP contribution in [0.4, 0.5) is 0 Å².